The van der Waals surface area contributed by atoms with Gasteiger partial charge >= 0.3 is 5.97 Å². The Morgan fingerprint density at radius 1 is 1.39 bits per heavy atom. The average molecular weight is 248 g/mol. The molecule has 2 nitrogen and oxygen atoms in total. The first-order valence-corrected chi connectivity index (χ1v) is 7.20. The van der Waals surface area contributed by atoms with Crippen LogP contribution in [0.2, 0.25) is 0 Å². The number of ether oxygens (including phenoxy) is 1. The van der Waals surface area contributed by atoms with Crippen molar-refractivity contribution < 1.29 is 9.53 Å². The predicted molar refractivity (Wildman–Crippen MR) is 70.9 cm³/mol. The number of fused-ring (bicyclic) bond motifs is 1. The van der Waals surface area contributed by atoms with Gasteiger partial charge < -0.3 is 4.74 Å². The Morgan fingerprint density at radius 2 is 2.11 bits per heavy atom. The Labute approximate surface area is 110 Å². The van der Waals surface area contributed by atoms with Gasteiger partial charge in [0.2, 0.25) is 0 Å². The molecular formula is C16H24O2. The lowest BCUT2D eigenvalue weighted by Crippen LogP contribution is -2.62. The molecule has 0 spiro atoms. The van der Waals surface area contributed by atoms with Gasteiger partial charge in [-0.25, -0.2) is 0 Å². The smallest absolute Gasteiger partial charge is 0.311 e. The lowest BCUT2D eigenvalue weighted by molar-refractivity contribution is -0.181. The molecule has 3 aliphatic carbocycles. The summed E-state index contributed by atoms with van der Waals surface area (Å²) in [5, 5.41) is 0. The number of hydrogen-bond donors (Lipinski definition) is 0. The van der Waals surface area contributed by atoms with E-state index in [1.165, 1.54) is 25.5 Å². The second-order valence-corrected chi connectivity index (χ2v) is 7.06. The molecule has 0 radical (unpaired) electrons. The Kier molecular flexibility index (Phi) is 2.46. The number of rotatable bonds is 1. The lowest BCUT2D eigenvalue weighted by Gasteiger charge is -2.65. The van der Waals surface area contributed by atoms with Crippen molar-refractivity contribution in [3.8, 4) is 0 Å². The number of carbonyl (C=O) groups is 1. The van der Waals surface area contributed by atoms with Crippen molar-refractivity contribution in [3.05, 3.63) is 11.6 Å². The maximum absolute atomic E-state index is 12.3. The first-order valence-electron chi connectivity index (χ1n) is 7.20. The topological polar surface area (TPSA) is 26.3 Å². The number of esters is 1. The molecule has 5 atom stereocenters. The molecule has 4 bridgehead atoms. The summed E-state index contributed by atoms with van der Waals surface area (Å²) < 4.78 is 5.12. The molecule has 0 unspecified atom stereocenters. The quantitative estimate of drug-likeness (QED) is 0.524. The van der Waals surface area contributed by atoms with Crippen LogP contribution in [0, 0.1) is 28.6 Å². The van der Waals surface area contributed by atoms with E-state index in [1.807, 2.05) is 0 Å². The van der Waals surface area contributed by atoms with E-state index in [9.17, 15) is 4.79 Å². The fourth-order valence-electron chi connectivity index (χ4n) is 5.45. The zero-order valence-corrected chi connectivity index (χ0v) is 12.0. The molecule has 3 aliphatic rings. The SMILES string of the molecule is COC(=O)[C@@]1(C)CCC[C@@]2(C)[C@@H]3CC=C(C)[C@H]2[C@H]31. The number of carbonyl (C=O) groups excluding carboxylic acids is 1. The Morgan fingerprint density at radius 3 is 2.72 bits per heavy atom. The zero-order chi connectivity index (χ0) is 13.1. The Bertz CT molecular complexity index is 425. The summed E-state index contributed by atoms with van der Waals surface area (Å²) in [5.74, 6) is 1.84. The van der Waals surface area contributed by atoms with Crippen molar-refractivity contribution in [1.82, 2.24) is 0 Å². The number of allylic oxidation sites excluding steroid dienone is 2. The van der Waals surface area contributed by atoms with Gasteiger partial charge in [-0.15, -0.1) is 0 Å². The van der Waals surface area contributed by atoms with Crippen molar-refractivity contribution in [2.75, 3.05) is 7.11 Å². The number of hydrogen-bond acceptors (Lipinski definition) is 2. The van der Waals surface area contributed by atoms with Crippen molar-refractivity contribution in [2.24, 2.45) is 28.6 Å². The van der Waals surface area contributed by atoms with Crippen LogP contribution >= 0.6 is 0 Å². The van der Waals surface area contributed by atoms with E-state index in [0.29, 0.717) is 23.2 Å². The highest BCUT2D eigenvalue weighted by molar-refractivity contribution is 5.77. The molecule has 0 aliphatic heterocycles. The molecular weight excluding hydrogens is 224 g/mol. The number of methoxy groups -OCH3 is 1. The molecule has 0 heterocycles. The summed E-state index contributed by atoms with van der Waals surface area (Å²) in [6.45, 7) is 6.85. The van der Waals surface area contributed by atoms with Crippen LogP contribution in [0.4, 0.5) is 0 Å². The van der Waals surface area contributed by atoms with E-state index in [0.717, 1.165) is 12.8 Å². The minimum Gasteiger partial charge on any atom is -0.469 e. The maximum Gasteiger partial charge on any atom is 0.311 e. The molecule has 2 fully saturated rings. The molecule has 0 amide bonds. The largest absolute Gasteiger partial charge is 0.469 e. The van der Waals surface area contributed by atoms with Gasteiger partial charge in [-0.05, 0) is 56.3 Å². The Hall–Kier alpha value is -0.790. The minimum absolute atomic E-state index is 0.0150. The summed E-state index contributed by atoms with van der Waals surface area (Å²) in [5.41, 5.74) is 1.72. The van der Waals surface area contributed by atoms with Crippen LogP contribution in [0.1, 0.15) is 46.5 Å². The highest BCUT2D eigenvalue weighted by atomic mass is 16.5. The molecule has 0 aromatic rings. The molecule has 2 saturated carbocycles. The summed E-state index contributed by atoms with van der Waals surface area (Å²) in [6.07, 6.45) is 7.00. The first-order chi connectivity index (χ1) is 8.45. The van der Waals surface area contributed by atoms with E-state index in [2.05, 4.69) is 26.8 Å². The normalized spacial score (nSPS) is 49.8. The summed E-state index contributed by atoms with van der Waals surface area (Å²) in [4.78, 5) is 12.3. The monoisotopic (exact) mass is 248 g/mol. The second kappa shape index (κ2) is 3.61. The van der Waals surface area contributed by atoms with E-state index in [4.69, 9.17) is 4.74 Å². The molecule has 0 aromatic heterocycles. The second-order valence-electron chi connectivity index (χ2n) is 7.06. The van der Waals surface area contributed by atoms with Gasteiger partial charge in [0.15, 0.2) is 0 Å². The van der Waals surface area contributed by atoms with Crippen LogP contribution < -0.4 is 0 Å². The predicted octanol–water partition coefficient (Wildman–Crippen LogP) is 3.57. The fraction of sp³-hybridized carbons (Fsp3) is 0.812. The lowest BCUT2D eigenvalue weighted by atomic mass is 9.38. The van der Waals surface area contributed by atoms with Crippen LogP contribution in [0.15, 0.2) is 11.6 Å². The first kappa shape index (κ1) is 12.3. The Balaban J connectivity index is 2.04. The van der Waals surface area contributed by atoms with Crippen molar-refractivity contribution >= 4 is 5.97 Å². The maximum atomic E-state index is 12.3. The van der Waals surface area contributed by atoms with E-state index in [1.54, 1.807) is 0 Å². The third kappa shape index (κ3) is 1.22. The summed E-state index contributed by atoms with van der Waals surface area (Å²) in [7, 11) is 1.54. The molecule has 2 heteroatoms. The molecule has 0 aromatic carbocycles. The van der Waals surface area contributed by atoms with Gasteiger partial charge in [0, 0.05) is 0 Å². The third-order valence-electron chi connectivity index (χ3n) is 6.33. The van der Waals surface area contributed by atoms with Gasteiger partial charge in [-0.2, -0.15) is 0 Å². The highest BCUT2D eigenvalue weighted by Gasteiger charge is 2.68. The van der Waals surface area contributed by atoms with Gasteiger partial charge in [0.1, 0.15) is 0 Å². The summed E-state index contributed by atoms with van der Waals surface area (Å²) in [6, 6.07) is 0. The molecule has 3 rings (SSSR count). The van der Waals surface area contributed by atoms with Gasteiger partial charge in [-0.3, -0.25) is 4.79 Å². The van der Waals surface area contributed by atoms with Gasteiger partial charge in [0.25, 0.3) is 0 Å². The summed E-state index contributed by atoms with van der Waals surface area (Å²) >= 11 is 0. The van der Waals surface area contributed by atoms with Crippen LogP contribution in [0.5, 0.6) is 0 Å². The van der Waals surface area contributed by atoms with Gasteiger partial charge in [0.05, 0.1) is 12.5 Å². The van der Waals surface area contributed by atoms with Crippen LogP contribution in [0.25, 0.3) is 0 Å². The van der Waals surface area contributed by atoms with Gasteiger partial charge in [-0.1, -0.05) is 25.0 Å². The third-order valence-corrected chi connectivity index (χ3v) is 6.33. The minimum atomic E-state index is -0.254. The van der Waals surface area contributed by atoms with Crippen molar-refractivity contribution in [3.63, 3.8) is 0 Å². The average Bonchev–Trinajstić information content (AvgIpc) is 2.54. The molecule has 100 valence electrons. The fourth-order valence-corrected chi connectivity index (χ4v) is 5.45. The highest BCUT2D eigenvalue weighted by Crippen LogP contribution is 2.72. The zero-order valence-electron chi connectivity index (χ0n) is 12.0. The molecule has 0 N–H and O–H groups in total. The van der Waals surface area contributed by atoms with Crippen molar-refractivity contribution in [1.29, 1.82) is 0 Å². The molecule has 18 heavy (non-hydrogen) atoms. The van der Waals surface area contributed by atoms with Crippen LogP contribution in [-0.4, -0.2) is 13.1 Å². The van der Waals surface area contributed by atoms with Crippen LogP contribution in [0.3, 0.4) is 0 Å². The van der Waals surface area contributed by atoms with E-state index in [-0.39, 0.29) is 11.4 Å². The van der Waals surface area contributed by atoms with E-state index < -0.39 is 0 Å². The van der Waals surface area contributed by atoms with E-state index >= 15 is 0 Å². The standard InChI is InChI=1S/C16H24O2/c1-10-6-7-11-13-12(10)15(11,2)8-5-9-16(13,3)14(17)18-4/h6,11-13H,5,7-9H2,1-4H3/t11-,12+,13+,15+,16+/m1/s1. The molecule has 0 saturated heterocycles. The van der Waals surface area contributed by atoms with Crippen LogP contribution in [-0.2, 0) is 9.53 Å². The van der Waals surface area contributed by atoms with Crippen molar-refractivity contribution in [2.45, 2.75) is 46.5 Å².